The summed E-state index contributed by atoms with van der Waals surface area (Å²) in [6, 6.07) is 5.66. The molecule has 1 aromatic heterocycles. The third kappa shape index (κ3) is 8.54. The number of hydrogen-bond donors (Lipinski definition) is 3. The summed E-state index contributed by atoms with van der Waals surface area (Å²) in [5, 5.41) is 18.8. The second kappa shape index (κ2) is 16.2. The van der Waals surface area contributed by atoms with Crippen LogP contribution in [0.15, 0.2) is 35.2 Å². The molecule has 4 heterocycles. The number of aliphatic hydroxyl groups excluding tert-OH is 1. The van der Waals surface area contributed by atoms with Crippen molar-refractivity contribution in [1.82, 2.24) is 14.6 Å². The molecule has 8 rings (SSSR count). The van der Waals surface area contributed by atoms with Gasteiger partial charge in [-0.15, -0.1) is 0 Å². The number of benzene rings is 2. The van der Waals surface area contributed by atoms with Crippen molar-refractivity contribution in [2.24, 2.45) is 17.8 Å². The average molecular weight is 791 g/mol. The van der Waals surface area contributed by atoms with Crippen molar-refractivity contribution in [2.75, 3.05) is 38.2 Å². The Labute approximate surface area is 317 Å². The predicted octanol–water partition coefficient (Wildman–Crippen LogP) is 5.72. The van der Waals surface area contributed by atoms with Crippen LogP contribution in [0.25, 0.3) is 10.2 Å². The van der Waals surface area contributed by atoms with Gasteiger partial charge in [-0.2, -0.15) is 4.31 Å². The molecular weight excluding hydrogens is 743 g/mol. The maximum Gasteiger partial charge on any atom is 0.407 e. The van der Waals surface area contributed by atoms with E-state index in [1.807, 2.05) is 0 Å². The number of ether oxygens (including phenoxy) is 4. The summed E-state index contributed by atoms with van der Waals surface area (Å²) in [6.45, 7) is 1.35. The number of alkyl carbamates (subject to hydrolysis) is 1. The SMILES string of the molecule is O=C(N[C@@H](Cc1cc(F)cc(F)c1)[C@H](O)CN1CCCCCCCOCc2cc3nc(NC4CC4)sc3cc2S1(=O)=O)O[C@H]1C[C@H]2CO[C@H]3OCC[C@@H]1[C@@H]23. The highest BCUT2D eigenvalue weighted by molar-refractivity contribution is 7.89. The van der Waals surface area contributed by atoms with E-state index in [-0.39, 0.29) is 66.7 Å². The number of β-amino-alcohol motifs (C(OH)–C–C–N with tert-alkyl or cyclic N) is 1. The predicted molar refractivity (Wildman–Crippen MR) is 196 cm³/mol. The van der Waals surface area contributed by atoms with E-state index in [2.05, 4.69) is 10.6 Å². The first-order valence-electron chi connectivity index (χ1n) is 19.2. The molecule has 294 valence electrons. The average Bonchev–Trinajstić information content (AvgIpc) is 3.54. The molecule has 0 spiro atoms. The molecule has 2 aromatic carbocycles. The number of rotatable bonds is 9. The Morgan fingerprint density at radius 1 is 1.04 bits per heavy atom. The van der Waals surface area contributed by atoms with Crippen LogP contribution in [0.2, 0.25) is 0 Å². The van der Waals surface area contributed by atoms with E-state index < -0.39 is 39.9 Å². The first-order chi connectivity index (χ1) is 26.1. The Morgan fingerprint density at radius 2 is 1.83 bits per heavy atom. The van der Waals surface area contributed by atoms with Crippen LogP contribution in [0.3, 0.4) is 0 Å². The lowest BCUT2D eigenvalue weighted by Gasteiger charge is -2.33. The molecule has 3 aliphatic heterocycles. The van der Waals surface area contributed by atoms with Gasteiger partial charge in [-0.25, -0.2) is 27.0 Å². The first-order valence-corrected chi connectivity index (χ1v) is 21.5. The quantitative estimate of drug-likeness (QED) is 0.246. The summed E-state index contributed by atoms with van der Waals surface area (Å²) in [5.74, 6) is -1.20. The molecule has 2 aliphatic carbocycles. The third-order valence-corrected chi connectivity index (χ3v) is 14.3. The summed E-state index contributed by atoms with van der Waals surface area (Å²) in [6.07, 6.45) is 4.36. The van der Waals surface area contributed by atoms with Crippen molar-refractivity contribution in [2.45, 2.75) is 106 Å². The Hall–Kier alpha value is -2.99. The van der Waals surface area contributed by atoms with Gasteiger partial charge in [-0.3, -0.25) is 0 Å². The monoisotopic (exact) mass is 790 g/mol. The van der Waals surface area contributed by atoms with Crippen LogP contribution in [-0.4, -0.2) is 92.4 Å². The van der Waals surface area contributed by atoms with Crippen LogP contribution in [-0.2, 0) is 42.0 Å². The normalized spacial score (nSPS) is 28.5. The molecule has 2 saturated carbocycles. The molecule has 54 heavy (non-hydrogen) atoms. The highest BCUT2D eigenvalue weighted by atomic mass is 32.2. The van der Waals surface area contributed by atoms with E-state index in [4.69, 9.17) is 23.9 Å². The van der Waals surface area contributed by atoms with Crippen molar-refractivity contribution < 1.29 is 46.0 Å². The van der Waals surface area contributed by atoms with Gasteiger partial charge in [0.1, 0.15) is 17.7 Å². The molecule has 3 N–H and O–H groups in total. The number of carbonyl (C=O) groups is 1. The molecule has 16 heteroatoms. The summed E-state index contributed by atoms with van der Waals surface area (Å²) in [7, 11) is -4.23. The van der Waals surface area contributed by atoms with Gasteiger partial charge in [0.15, 0.2) is 11.4 Å². The Kier molecular flexibility index (Phi) is 11.4. The van der Waals surface area contributed by atoms with Gasteiger partial charge < -0.3 is 34.7 Å². The van der Waals surface area contributed by atoms with Crippen molar-refractivity contribution in [1.29, 1.82) is 0 Å². The van der Waals surface area contributed by atoms with Gasteiger partial charge in [0.2, 0.25) is 10.0 Å². The summed E-state index contributed by atoms with van der Waals surface area (Å²) < 4.78 is 83.6. The second-order valence-corrected chi connectivity index (χ2v) is 18.3. The van der Waals surface area contributed by atoms with Crippen LogP contribution in [0.5, 0.6) is 0 Å². The van der Waals surface area contributed by atoms with Crippen molar-refractivity contribution in [3.63, 3.8) is 0 Å². The number of aliphatic hydroxyl groups is 1. The Balaban J connectivity index is 1.06. The number of nitrogens with zero attached hydrogens (tertiary/aromatic N) is 2. The molecule has 0 unspecified atom stereocenters. The van der Waals surface area contributed by atoms with Crippen LogP contribution >= 0.6 is 11.3 Å². The lowest BCUT2D eigenvalue weighted by molar-refractivity contribution is -0.173. The van der Waals surface area contributed by atoms with Crippen LogP contribution in [0.4, 0.5) is 18.7 Å². The summed E-state index contributed by atoms with van der Waals surface area (Å²) in [5.41, 5.74) is 1.34. The summed E-state index contributed by atoms with van der Waals surface area (Å²) in [4.78, 5) is 18.4. The Morgan fingerprint density at radius 3 is 2.65 bits per heavy atom. The fourth-order valence-corrected chi connectivity index (χ4v) is 11.3. The highest BCUT2D eigenvalue weighted by Crippen LogP contribution is 2.50. The molecule has 0 radical (unpaired) electrons. The van der Waals surface area contributed by atoms with Crippen molar-refractivity contribution in [3.8, 4) is 0 Å². The number of fused-ring (bicyclic) bond motifs is 2. The first kappa shape index (κ1) is 37.9. The number of halogens is 2. The standard InChI is InChI=1S/C38H48F2N4O8S2/c39-25-12-22(13-26(40)17-25)14-29(43-38(46)52-32-16-24-21-51-36-35(24)28(32)8-11-50-36)31(45)19-44-9-4-2-1-3-5-10-49-20-23-15-30-33(18-34(23)54(44,47)48)53-37(42-30)41-27-6-7-27/h12-13,15,17-18,24,27-29,31-32,35-36,45H,1-11,14,16,19-21H2,(H,41,42)(H,43,46)/t24-,28-,29-,31+,32-,35+,36+/m0/s1. The second-order valence-electron chi connectivity index (χ2n) is 15.4. The number of amides is 1. The maximum atomic E-state index is 14.7. The highest BCUT2D eigenvalue weighted by Gasteiger charge is 2.55. The minimum absolute atomic E-state index is 0.0639. The Bertz CT molecular complexity index is 1910. The molecule has 2 saturated heterocycles. The van der Waals surface area contributed by atoms with Crippen molar-refractivity contribution in [3.05, 3.63) is 53.1 Å². The molecule has 1 amide bonds. The zero-order valence-electron chi connectivity index (χ0n) is 30.1. The van der Waals surface area contributed by atoms with Gasteiger partial charge in [-0.1, -0.05) is 30.6 Å². The minimum atomic E-state index is -4.23. The van der Waals surface area contributed by atoms with E-state index in [1.54, 1.807) is 12.1 Å². The fourth-order valence-electron chi connectivity index (χ4n) is 8.55. The molecule has 4 fully saturated rings. The number of carbonyl (C=O) groups excluding carboxylic acids is 1. The van der Waals surface area contributed by atoms with Gasteiger partial charge in [0.05, 0.1) is 47.1 Å². The van der Waals surface area contributed by atoms with E-state index in [1.165, 1.54) is 15.6 Å². The minimum Gasteiger partial charge on any atom is -0.446 e. The van der Waals surface area contributed by atoms with E-state index in [0.717, 1.165) is 68.3 Å². The number of aromatic nitrogens is 1. The molecule has 12 nitrogen and oxygen atoms in total. The van der Waals surface area contributed by atoms with E-state index in [0.29, 0.717) is 54.5 Å². The van der Waals surface area contributed by atoms with Crippen LogP contribution < -0.4 is 10.6 Å². The fraction of sp³-hybridized carbons (Fsp3) is 0.632. The van der Waals surface area contributed by atoms with Gasteiger partial charge >= 0.3 is 6.09 Å². The smallest absolute Gasteiger partial charge is 0.407 e. The van der Waals surface area contributed by atoms with Crippen LogP contribution in [0, 0.1) is 29.4 Å². The lowest BCUT2D eigenvalue weighted by Crippen LogP contribution is -2.51. The molecule has 3 aromatic rings. The number of thiazole rings is 1. The topological polar surface area (TPSA) is 149 Å². The zero-order chi connectivity index (χ0) is 37.4. The van der Waals surface area contributed by atoms with Crippen LogP contribution in [0.1, 0.15) is 68.9 Å². The largest absolute Gasteiger partial charge is 0.446 e. The lowest BCUT2D eigenvalue weighted by atomic mass is 9.87. The number of anilines is 1. The third-order valence-electron chi connectivity index (χ3n) is 11.4. The molecule has 5 aliphatic rings. The maximum absolute atomic E-state index is 14.7. The van der Waals surface area contributed by atoms with Crippen molar-refractivity contribution >= 4 is 42.8 Å². The van der Waals surface area contributed by atoms with Gasteiger partial charge in [0, 0.05) is 43.6 Å². The number of nitrogens with one attached hydrogen (secondary N) is 2. The number of sulfonamides is 1. The number of hydrogen-bond acceptors (Lipinski definition) is 11. The molecule has 7 atom stereocenters. The molecule has 0 bridgehead atoms. The molecular formula is C38H48F2N4O8S2. The van der Waals surface area contributed by atoms with Gasteiger partial charge in [-0.05, 0) is 86.3 Å². The van der Waals surface area contributed by atoms with Gasteiger partial charge in [0.25, 0.3) is 0 Å². The zero-order valence-corrected chi connectivity index (χ0v) is 31.7. The van der Waals surface area contributed by atoms with E-state index in [9.17, 15) is 27.1 Å². The van der Waals surface area contributed by atoms with E-state index >= 15 is 0 Å². The summed E-state index contributed by atoms with van der Waals surface area (Å²) >= 11 is 1.39.